The van der Waals surface area contributed by atoms with Gasteiger partial charge in [-0.2, -0.15) is 0 Å². The number of phenolic OH excluding ortho intramolecular Hbond substituents is 1. The minimum atomic E-state index is -1.19. The van der Waals surface area contributed by atoms with Gasteiger partial charge in [-0.3, -0.25) is 9.59 Å². The molecule has 0 bridgehead atoms. The molecule has 1 aromatic heterocycles. The highest BCUT2D eigenvalue weighted by molar-refractivity contribution is 5.89. The molecule has 8 N–H and O–H groups in total. The number of hydrogen-bond acceptors (Lipinski definition) is 9. The number of phenols is 1. The van der Waals surface area contributed by atoms with Crippen LogP contribution in [-0.4, -0.2) is 70.3 Å². The molecule has 0 unspecified atom stereocenters. The highest BCUT2D eigenvalue weighted by Crippen LogP contribution is 2.62. The van der Waals surface area contributed by atoms with E-state index in [9.17, 15) is 24.9 Å². The lowest BCUT2D eigenvalue weighted by molar-refractivity contribution is -0.136. The van der Waals surface area contributed by atoms with Gasteiger partial charge in [0.2, 0.25) is 0 Å². The first-order valence-corrected chi connectivity index (χ1v) is 24.7. The maximum Gasteiger partial charge on any atom is 0.160 e. The highest BCUT2D eigenvalue weighted by Gasteiger charge is 2.58. The van der Waals surface area contributed by atoms with Gasteiger partial charge in [0.15, 0.2) is 17.3 Å². The lowest BCUT2D eigenvalue weighted by atomic mass is 9.49. The number of dihydropyridines is 1. The fraction of sp³-hybridized carbons (Fsp3) is 0.500. The number of ether oxygens (including phenoxy) is 1. The van der Waals surface area contributed by atoms with Crippen LogP contribution < -0.4 is 21.1 Å². The van der Waals surface area contributed by atoms with E-state index in [0.717, 1.165) is 58.8 Å². The van der Waals surface area contributed by atoms with Crippen molar-refractivity contribution in [3.05, 3.63) is 118 Å². The summed E-state index contributed by atoms with van der Waals surface area (Å²) in [5, 5.41) is 44.8. The predicted molar refractivity (Wildman–Crippen MR) is 255 cm³/mol. The van der Waals surface area contributed by atoms with Gasteiger partial charge >= 0.3 is 0 Å². The molecular weight excluding hydrogens is 825 g/mol. The minimum absolute atomic E-state index is 0.0124. The minimum Gasteiger partial charge on any atom is -0.504 e. The zero-order valence-electron chi connectivity index (χ0n) is 38.0. The number of carbonyl (C=O) groups excluding carboxylic acids is 2. The average Bonchev–Trinajstić information content (AvgIpc) is 3.84. The number of aromatic nitrogens is 1. The molecule has 2 aliphatic heterocycles. The maximum atomic E-state index is 14.6. The number of aliphatic hydroxyl groups is 2. The summed E-state index contributed by atoms with van der Waals surface area (Å²) in [5.41, 5.74) is 11.7. The predicted octanol–water partition coefficient (Wildman–Crippen LogP) is 7.75. The molecule has 5 aliphatic carbocycles. The van der Waals surface area contributed by atoms with Crippen LogP contribution in [0.5, 0.6) is 11.5 Å². The number of benzene rings is 3. The number of carbonyl (C=O) groups is 2. The van der Waals surface area contributed by atoms with Crippen LogP contribution in [0.15, 0.2) is 90.4 Å². The summed E-state index contributed by atoms with van der Waals surface area (Å²) in [5.74, 6) is 10.8. The molecule has 7 aliphatic rings. The van der Waals surface area contributed by atoms with Crippen molar-refractivity contribution in [2.45, 2.75) is 119 Å². The largest absolute Gasteiger partial charge is 0.504 e. The van der Waals surface area contributed by atoms with E-state index >= 15 is 0 Å². The first kappa shape index (κ1) is 43.2. The third-order valence-electron chi connectivity index (χ3n) is 17.6. The second kappa shape index (κ2) is 17.4. The van der Waals surface area contributed by atoms with E-state index in [2.05, 4.69) is 76.1 Å². The third-order valence-corrected chi connectivity index (χ3v) is 17.6. The third kappa shape index (κ3) is 7.65. The Morgan fingerprint density at radius 2 is 1.80 bits per heavy atom. The summed E-state index contributed by atoms with van der Waals surface area (Å²) in [4.78, 5) is 31.2. The van der Waals surface area contributed by atoms with Crippen LogP contribution in [0.3, 0.4) is 0 Å². The SMILES string of the molecule is COc1cc2c(cc1O)[C@@H](CC[C@H](O)C[C@H](C1=CCNC(N)=C1)c1ccc3ccccc3c1)C#C[C@@]1(CC[C@H]([C@@H]3C[C@@H]4CN[C@H]5CC(=O)C[C@H]6c7cc[nH]c7[C@H](C3)[C@@H]4[C@H]56)C[C@H]1O)C(=O)CC2. The Morgan fingerprint density at radius 1 is 0.939 bits per heavy atom. The molecule has 11 rings (SSSR count). The summed E-state index contributed by atoms with van der Waals surface area (Å²) in [6.07, 6.45) is 12.0. The molecule has 66 heavy (non-hydrogen) atoms. The van der Waals surface area contributed by atoms with Crippen LogP contribution in [0.25, 0.3) is 10.8 Å². The molecule has 0 amide bonds. The number of piperidine rings is 1. The summed E-state index contributed by atoms with van der Waals surface area (Å²) in [6.45, 7) is 1.55. The van der Waals surface area contributed by atoms with E-state index in [1.807, 2.05) is 24.3 Å². The molecule has 3 saturated carbocycles. The van der Waals surface area contributed by atoms with Crippen LogP contribution in [0.4, 0.5) is 0 Å². The van der Waals surface area contributed by atoms with Gasteiger partial charge in [0.25, 0.3) is 0 Å². The number of nitrogens with two attached hydrogens (primary N) is 1. The zero-order valence-corrected chi connectivity index (χ0v) is 38.0. The Labute approximate surface area is 387 Å². The van der Waals surface area contributed by atoms with Crippen molar-refractivity contribution in [1.82, 2.24) is 15.6 Å². The molecular formula is C56H64N4O6. The molecule has 0 radical (unpaired) electrons. The van der Waals surface area contributed by atoms with Gasteiger partial charge in [0.1, 0.15) is 11.2 Å². The molecule has 10 nitrogen and oxygen atoms in total. The topological polar surface area (TPSA) is 170 Å². The number of hydrogen-bond donors (Lipinski definition) is 7. The van der Waals surface area contributed by atoms with Crippen molar-refractivity contribution in [2.75, 3.05) is 20.2 Å². The normalized spacial score (nSPS) is 33.3. The monoisotopic (exact) mass is 888 g/mol. The number of allylic oxidation sites excluding steroid dienone is 2. The quantitative estimate of drug-likeness (QED) is 0.0831. The second-order valence-corrected chi connectivity index (χ2v) is 21.0. The van der Waals surface area contributed by atoms with Crippen molar-refractivity contribution >= 4 is 22.3 Å². The Balaban J connectivity index is 0.849. The standard InChI is InChI=1S/C56H64N4O6/c1-66-49-23-36-9-11-50(64)56(17-13-34(24-51(56)65)38-21-39-30-60-47-28-41(62)27-45-42-15-19-59-55(42)46(22-38)53(39)54(45)47)16-12-32(44(36)29-48(49)63)8-10-40(61)26-43(37-14-18-58-52(57)25-37)35-7-6-31-4-2-3-5-33(31)20-35/h2-7,14-15,19-20,23,25,29,32,34,38-40,43,45-47,51,53-54,58-61,63,65H,8-11,13,17-18,21-22,24,26-28,30,57H2,1H3/t32-,34-,38+,39+,40-,43-,45-,46+,47-,51+,53+,54-,56+/m0/s1. The maximum absolute atomic E-state index is 14.6. The van der Waals surface area contributed by atoms with Gasteiger partial charge < -0.3 is 41.4 Å². The number of nitrogens with one attached hydrogen (secondary N) is 3. The lowest BCUT2D eigenvalue weighted by Crippen LogP contribution is -2.60. The van der Waals surface area contributed by atoms with Crippen LogP contribution in [0.1, 0.15) is 122 Å². The molecule has 4 aromatic rings. The fourth-order valence-electron chi connectivity index (χ4n) is 14.4. The number of fused-ring (bicyclic) bond motifs is 5. The zero-order chi connectivity index (χ0) is 45.3. The smallest absolute Gasteiger partial charge is 0.160 e. The Morgan fingerprint density at radius 3 is 2.64 bits per heavy atom. The average molecular weight is 889 g/mol. The first-order chi connectivity index (χ1) is 32.1. The molecule has 1 saturated heterocycles. The van der Waals surface area contributed by atoms with Crippen LogP contribution in [-0.2, 0) is 16.0 Å². The van der Waals surface area contributed by atoms with Gasteiger partial charge in [0, 0.05) is 61.5 Å². The highest BCUT2D eigenvalue weighted by atomic mass is 16.5. The van der Waals surface area contributed by atoms with E-state index in [-0.39, 0.29) is 35.8 Å². The second-order valence-electron chi connectivity index (χ2n) is 21.0. The summed E-state index contributed by atoms with van der Waals surface area (Å²) in [7, 11) is 1.53. The van der Waals surface area contributed by atoms with Crippen molar-refractivity contribution in [1.29, 1.82) is 0 Å². The van der Waals surface area contributed by atoms with E-state index in [4.69, 9.17) is 10.5 Å². The molecule has 3 aromatic carbocycles. The van der Waals surface area contributed by atoms with E-state index < -0.39 is 23.5 Å². The van der Waals surface area contributed by atoms with Crippen molar-refractivity contribution < 1.29 is 29.6 Å². The molecule has 344 valence electrons. The van der Waals surface area contributed by atoms with Crippen LogP contribution >= 0.6 is 0 Å². The summed E-state index contributed by atoms with van der Waals surface area (Å²) in [6, 6.07) is 20.8. The number of methoxy groups -OCH3 is 1. The molecule has 10 heteroatoms. The summed E-state index contributed by atoms with van der Waals surface area (Å²) < 4.78 is 5.55. The lowest BCUT2D eigenvalue weighted by Gasteiger charge is -2.59. The van der Waals surface area contributed by atoms with Gasteiger partial charge in [-0.05, 0) is 163 Å². The number of aryl methyl sites for hydroxylation is 1. The van der Waals surface area contributed by atoms with E-state index in [1.165, 1.54) is 18.4 Å². The van der Waals surface area contributed by atoms with E-state index in [0.29, 0.717) is 111 Å². The number of aromatic amines is 1. The summed E-state index contributed by atoms with van der Waals surface area (Å²) >= 11 is 0. The number of H-pyrrole nitrogens is 1. The van der Waals surface area contributed by atoms with Crippen LogP contribution in [0.2, 0.25) is 0 Å². The number of aromatic hydroxyl groups is 1. The number of rotatable bonds is 9. The Kier molecular flexibility index (Phi) is 11.4. The number of aliphatic hydroxyl groups excluding tert-OH is 2. The van der Waals surface area contributed by atoms with Crippen molar-refractivity contribution in [3.63, 3.8) is 0 Å². The fourth-order valence-corrected chi connectivity index (χ4v) is 14.4. The molecule has 13 atom stereocenters. The van der Waals surface area contributed by atoms with E-state index in [1.54, 1.807) is 6.07 Å². The van der Waals surface area contributed by atoms with Gasteiger partial charge in [-0.25, -0.2) is 0 Å². The van der Waals surface area contributed by atoms with Gasteiger partial charge in [0.05, 0.1) is 25.1 Å². The molecule has 1 spiro atoms. The number of ketones is 2. The van der Waals surface area contributed by atoms with Crippen LogP contribution in [0, 0.1) is 46.8 Å². The number of Topliss-reactive ketones (excluding diaryl/α,β-unsaturated/α-hetero) is 2. The van der Waals surface area contributed by atoms with Crippen molar-refractivity contribution in [2.24, 2.45) is 40.7 Å². The van der Waals surface area contributed by atoms with Gasteiger partial charge in [-0.1, -0.05) is 60.4 Å². The van der Waals surface area contributed by atoms with Gasteiger partial charge in [-0.15, -0.1) is 0 Å². The van der Waals surface area contributed by atoms with Crippen molar-refractivity contribution in [3.8, 4) is 23.3 Å². The molecule has 3 heterocycles. The molecule has 4 fully saturated rings. The Hall–Kier alpha value is -5.34. The Bertz CT molecular complexity index is 2670. The first-order valence-electron chi connectivity index (χ1n) is 24.7.